The van der Waals surface area contributed by atoms with Crippen molar-refractivity contribution in [3.63, 3.8) is 0 Å². The highest BCUT2D eigenvalue weighted by molar-refractivity contribution is 7.99. The van der Waals surface area contributed by atoms with Gasteiger partial charge in [-0.25, -0.2) is 9.97 Å². The van der Waals surface area contributed by atoms with Crippen LogP contribution in [0.25, 0.3) is 0 Å². The molecule has 1 fully saturated rings. The van der Waals surface area contributed by atoms with E-state index < -0.39 is 0 Å². The second kappa shape index (κ2) is 8.59. The second-order valence-electron chi connectivity index (χ2n) is 4.54. The highest BCUT2D eigenvalue weighted by atomic mass is 32.2. The maximum absolute atomic E-state index is 4.49. The molecular formula is C13H23N5S2. The molecule has 0 unspecified atom stereocenters. The predicted molar refractivity (Wildman–Crippen MR) is 90.2 cm³/mol. The molecule has 1 aromatic rings. The molecule has 0 amide bonds. The number of nitrogens with zero attached hydrogens (tertiary/aromatic N) is 3. The van der Waals surface area contributed by atoms with E-state index in [-0.39, 0.29) is 0 Å². The summed E-state index contributed by atoms with van der Waals surface area (Å²) in [4.78, 5) is 11.4. The minimum absolute atomic E-state index is 0.806. The van der Waals surface area contributed by atoms with Gasteiger partial charge in [0.1, 0.15) is 11.6 Å². The van der Waals surface area contributed by atoms with Gasteiger partial charge in [0.25, 0.3) is 0 Å². The maximum Gasteiger partial charge on any atom is 0.191 e. The average molecular weight is 313 g/mol. The number of thioether (sulfide) groups is 2. The first-order valence-corrected chi connectivity index (χ1v) is 9.40. The molecule has 0 atom stereocenters. The van der Waals surface area contributed by atoms with Gasteiger partial charge in [0.15, 0.2) is 5.16 Å². The van der Waals surface area contributed by atoms with Gasteiger partial charge in [0.2, 0.25) is 0 Å². The smallest absolute Gasteiger partial charge is 0.191 e. The Bertz CT molecular complexity index is 410. The largest absolute Gasteiger partial charge is 0.370 e. The zero-order valence-corrected chi connectivity index (χ0v) is 13.8. The molecule has 0 saturated carbocycles. The van der Waals surface area contributed by atoms with Crippen LogP contribution < -0.4 is 10.6 Å². The van der Waals surface area contributed by atoms with Crippen molar-refractivity contribution in [3.05, 3.63) is 6.07 Å². The van der Waals surface area contributed by atoms with Crippen molar-refractivity contribution in [2.45, 2.75) is 12.1 Å². The Kier molecular flexibility index (Phi) is 6.75. The van der Waals surface area contributed by atoms with Gasteiger partial charge < -0.3 is 10.6 Å². The summed E-state index contributed by atoms with van der Waals surface area (Å²) in [5.41, 5.74) is 0. The van der Waals surface area contributed by atoms with E-state index in [4.69, 9.17) is 0 Å². The Labute approximate surface area is 129 Å². The molecule has 20 heavy (non-hydrogen) atoms. The van der Waals surface area contributed by atoms with Crippen molar-refractivity contribution in [1.29, 1.82) is 0 Å². The zero-order chi connectivity index (χ0) is 14.2. The second-order valence-corrected chi connectivity index (χ2v) is 6.53. The van der Waals surface area contributed by atoms with E-state index >= 15 is 0 Å². The summed E-state index contributed by atoms with van der Waals surface area (Å²) in [6.45, 7) is 7.36. The summed E-state index contributed by atoms with van der Waals surface area (Å²) in [6, 6.07) is 1.98. The molecule has 0 spiro atoms. The van der Waals surface area contributed by atoms with Crippen LogP contribution in [-0.4, -0.2) is 65.4 Å². The summed E-state index contributed by atoms with van der Waals surface area (Å²) in [5.74, 6) is 4.32. The molecule has 0 aliphatic carbocycles. The number of anilines is 2. The summed E-state index contributed by atoms with van der Waals surface area (Å²) >= 11 is 3.62. The van der Waals surface area contributed by atoms with E-state index in [0.29, 0.717) is 0 Å². The summed E-state index contributed by atoms with van der Waals surface area (Å²) in [6.07, 6.45) is 2.00. The normalized spacial score (nSPS) is 16.1. The lowest BCUT2D eigenvalue weighted by Crippen LogP contribution is -2.36. The van der Waals surface area contributed by atoms with Crippen LogP contribution in [0.2, 0.25) is 0 Å². The Balaban J connectivity index is 1.85. The third-order valence-electron chi connectivity index (χ3n) is 3.08. The van der Waals surface area contributed by atoms with E-state index in [9.17, 15) is 0 Å². The van der Waals surface area contributed by atoms with Crippen LogP contribution in [0.3, 0.4) is 0 Å². The number of nitrogens with one attached hydrogen (secondary N) is 2. The van der Waals surface area contributed by atoms with Crippen LogP contribution in [0.15, 0.2) is 11.2 Å². The van der Waals surface area contributed by atoms with E-state index in [1.54, 1.807) is 11.8 Å². The van der Waals surface area contributed by atoms with E-state index in [2.05, 4.69) is 32.4 Å². The fraction of sp³-hybridized carbons (Fsp3) is 0.692. The van der Waals surface area contributed by atoms with Crippen LogP contribution in [0.4, 0.5) is 11.6 Å². The van der Waals surface area contributed by atoms with Crippen LogP contribution >= 0.6 is 23.5 Å². The topological polar surface area (TPSA) is 53.1 Å². The van der Waals surface area contributed by atoms with Crippen molar-refractivity contribution in [1.82, 2.24) is 14.9 Å². The van der Waals surface area contributed by atoms with Crippen molar-refractivity contribution < 1.29 is 0 Å². The molecule has 1 aliphatic rings. The van der Waals surface area contributed by atoms with E-state index in [0.717, 1.165) is 36.4 Å². The molecule has 112 valence electrons. The van der Waals surface area contributed by atoms with Gasteiger partial charge in [-0.1, -0.05) is 11.8 Å². The first-order chi connectivity index (χ1) is 9.81. The molecule has 2 rings (SSSR count). The molecule has 0 bridgehead atoms. The fourth-order valence-electron chi connectivity index (χ4n) is 2.05. The maximum atomic E-state index is 4.49. The van der Waals surface area contributed by atoms with Gasteiger partial charge in [-0.3, -0.25) is 4.90 Å². The van der Waals surface area contributed by atoms with Gasteiger partial charge in [-0.15, -0.1) is 0 Å². The third-order valence-corrected chi connectivity index (χ3v) is 4.57. The molecule has 2 N–H and O–H groups in total. The number of hydrogen-bond donors (Lipinski definition) is 2. The van der Waals surface area contributed by atoms with Crippen molar-refractivity contribution >= 4 is 35.2 Å². The summed E-state index contributed by atoms with van der Waals surface area (Å²) in [7, 11) is 0. The van der Waals surface area contributed by atoms with Crippen LogP contribution in [0.1, 0.15) is 6.92 Å². The SMILES string of the molecule is CCNc1cc(NCCN2CCSCC2)nc(SC)n1. The highest BCUT2D eigenvalue weighted by Crippen LogP contribution is 2.17. The van der Waals surface area contributed by atoms with Gasteiger partial charge in [0.05, 0.1) is 0 Å². The highest BCUT2D eigenvalue weighted by Gasteiger charge is 2.10. The van der Waals surface area contributed by atoms with Crippen molar-refractivity contribution in [3.8, 4) is 0 Å². The van der Waals surface area contributed by atoms with E-state index in [1.807, 2.05) is 24.1 Å². The molecule has 1 saturated heterocycles. The summed E-state index contributed by atoms with van der Waals surface area (Å²) < 4.78 is 0. The molecule has 0 aromatic carbocycles. The molecule has 2 heterocycles. The van der Waals surface area contributed by atoms with E-state index in [1.165, 1.54) is 24.6 Å². The lowest BCUT2D eigenvalue weighted by molar-refractivity contribution is 0.314. The van der Waals surface area contributed by atoms with Gasteiger partial charge in [-0.2, -0.15) is 11.8 Å². The Hall–Kier alpha value is -0.660. The standard InChI is InChI=1S/C13H23N5S2/c1-3-14-11-10-12(17-13(16-11)19-2)15-4-5-18-6-8-20-9-7-18/h10H,3-9H2,1-2H3,(H2,14,15,16,17). The Morgan fingerprint density at radius 2 is 1.95 bits per heavy atom. The Morgan fingerprint density at radius 3 is 2.60 bits per heavy atom. The molecule has 0 radical (unpaired) electrons. The first kappa shape index (κ1) is 15.7. The van der Waals surface area contributed by atoms with Crippen LogP contribution in [-0.2, 0) is 0 Å². The molecule has 7 heteroatoms. The van der Waals surface area contributed by atoms with Crippen LogP contribution in [0, 0.1) is 0 Å². The zero-order valence-electron chi connectivity index (χ0n) is 12.2. The number of hydrogen-bond acceptors (Lipinski definition) is 7. The average Bonchev–Trinajstić information content (AvgIpc) is 2.48. The predicted octanol–water partition coefficient (Wildman–Crippen LogP) is 2.09. The quantitative estimate of drug-likeness (QED) is 0.590. The monoisotopic (exact) mass is 313 g/mol. The Morgan fingerprint density at radius 1 is 1.25 bits per heavy atom. The van der Waals surface area contributed by atoms with Crippen molar-refractivity contribution in [2.75, 3.05) is 61.1 Å². The fourth-order valence-corrected chi connectivity index (χ4v) is 3.40. The third kappa shape index (κ3) is 5.03. The minimum Gasteiger partial charge on any atom is -0.370 e. The van der Waals surface area contributed by atoms with Gasteiger partial charge in [0, 0.05) is 50.3 Å². The lowest BCUT2D eigenvalue weighted by Gasteiger charge is -2.26. The molecule has 5 nitrogen and oxygen atoms in total. The van der Waals surface area contributed by atoms with Gasteiger partial charge in [-0.05, 0) is 13.2 Å². The molecule has 1 aliphatic heterocycles. The molecular weight excluding hydrogens is 290 g/mol. The molecule has 1 aromatic heterocycles. The van der Waals surface area contributed by atoms with Crippen molar-refractivity contribution in [2.24, 2.45) is 0 Å². The lowest BCUT2D eigenvalue weighted by atomic mass is 10.4. The van der Waals surface area contributed by atoms with Gasteiger partial charge >= 0.3 is 0 Å². The number of aromatic nitrogens is 2. The van der Waals surface area contributed by atoms with Crippen LogP contribution in [0.5, 0.6) is 0 Å². The summed E-state index contributed by atoms with van der Waals surface area (Å²) in [5, 5.41) is 7.46. The number of rotatable bonds is 7. The first-order valence-electron chi connectivity index (χ1n) is 7.02. The minimum atomic E-state index is 0.806.